The molecule has 1 rings (SSSR count). The summed E-state index contributed by atoms with van der Waals surface area (Å²) in [6, 6.07) is 1.77. The van der Waals surface area contributed by atoms with Crippen LogP contribution in [0, 0.1) is 0 Å². The Hall–Kier alpha value is -1.04. The van der Waals surface area contributed by atoms with Crippen molar-refractivity contribution in [2.45, 2.75) is 6.54 Å². The van der Waals surface area contributed by atoms with Gasteiger partial charge in [-0.15, -0.1) is 0 Å². The average molecular weight is 183 g/mol. The second-order valence-electron chi connectivity index (χ2n) is 2.33. The van der Waals surface area contributed by atoms with Crippen molar-refractivity contribution in [3.05, 3.63) is 24.3 Å². The number of nitrogens with one attached hydrogen (secondary N) is 1. The van der Waals surface area contributed by atoms with Crippen LogP contribution in [0.3, 0.4) is 0 Å². The van der Waals surface area contributed by atoms with Crippen molar-refractivity contribution < 1.29 is 9.57 Å². The first-order chi connectivity index (χ1) is 6.43. The largest absolute Gasteiger partial charge is 0.382 e. The predicted octanol–water partition coefficient (Wildman–Crippen LogP) is 0.144. The Morgan fingerprint density at radius 1 is 1.31 bits per heavy atom. The van der Waals surface area contributed by atoms with Gasteiger partial charge in [-0.05, 0) is 6.07 Å². The molecule has 1 aromatic heterocycles. The molecule has 0 radical (unpaired) electrons. The summed E-state index contributed by atoms with van der Waals surface area (Å²) in [5, 5.41) is 0. The van der Waals surface area contributed by atoms with Gasteiger partial charge in [0.2, 0.25) is 0 Å². The van der Waals surface area contributed by atoms with Gasteiger partial charge in [0.15, 0.2) is 0 Å². The maximum absolute atomic E-state index is 5.02. The van der Waals surface area contributed by atoms with E-state index in [1.54, 1.807) is 25.6 Å². The van der Waals surface area contributed by atoms with Gasteiger partial charge in [0, 0.05) is 19.5 Å². The minimum absolute atomic E-state index is 0.505. The lowest BCUT2D eigenvalue weighted by atomic mass is 10.5. The third kappa shape index (κ3) is 4.51. The number of ether oxygens (including phenoxy) is 1. The van der Waals surface area contributed by atoms with Gasteiger partial charge in [0.05, 0.1) is 19.8 Å². The van der Waals surface area contributed by atoms with Crippen LogP contribution >= 0.6 is 0 Å². The molecular formula is C8H13N3O2. The number of methoxy groups -OCH3 is 1. The second-order valence-corrected chi connectivity index (χ2v) is 2.33. The molecule has 0 aliphatic heterocycles. The molecule has 0 saturated heterocycles. The lowest BCUT2D eigenvalue weighted by molar-refractivity contribution is 0.00246. The molecule has 0 aromatic carbocycles. The monoisotopic (exact) mass is 183 g/mol. The summed E-state index contributed by atoms with van der Waals surface area (Å²) in [7, 11) is 1.63. The molecular weight excluding hydrogens is 170 g/mol. The Bertz CT molecular complexity index is 218. The summed E-state index contributed by atoms with van der Waals surface area (Å²) in [6.07, 6.45) is 3.39. The van der Waals surface area contributed by atoms with E-state index in [4.69, 9.17) is 9.57 Å². The highest BCUT2D eigenvalue weighted by atomic mass is 16.7. The van der Waals surface area contributed by atoms with Crippen molar-refractivity contribution in [1.29, 1.82) is 0 Å². The fourth-order valence-electron chi connectivity index (χ4n) is 0.734. The SMILES string of the molecule is COCCONCc1ncccn1. The van der Waals surface area contributed by atoms with E-state index in [1.165, 1.54) is 0 Å². The zero-order valence-corrected chi connectivity index (χ0v) is 7.56. The van der Waals surface area contributed by atoms with Crippen LogP contribution in [-0.4, -0.2) is 30.3 Å². The number of hydrogen-bond acceptors (Lipinski definition) is 5. The van der Waals surface area contributed by atoms with Crippen LogP contribution in [0.1, 0.15) is 5.82 Å². The molecule has 13 heavy (non-hydrogen) atoms. The Morgan fingerprint density at radius 2 is 2.08 bits per heavy atom. The number of rotatable bonds is 6. The molecule has 5 heteroatoms. The fourth-order valence-corrected chi connectivity index (χ4v) is 0.734. The number of hydroxylamine groups is 1. The molecule has 1 aromatic rings. The molecule has 0 unspecified atom stereocenters. The maximum Gasteiger partial charge on any atom is 0.144 e. The maximum atomic E-state index is 5.02. The van der Waals surface area contributed by atoms with Crippen LogP contribution in [0.5, 0.6) is 0 Å². The van der Waals surface area contributed by atoms with Gasteiger partial charge < -0.3 is 4.74 Å². The summed E-state index contributed by atoms with van der Waals surface area (Å²) in [6.45, 7) is 1.59. The van der Waals surface area contributed by atoms with Crippen LogP contribution < -0.4 is 5.48 Å². The number of nitrogens with zero attached hydrogens (tertiary/aromatic N) is 2. The van der Waals surface area contributed by atoms with Crippen molar-refractivity contribution >= 4 is 0 Å². The molecule has 0 aliphatic rings. The molecule has 0 atom stereocenters. The predicted molar refractivity (Wildman–Crippen MR) is 46.7 cm³/mol. The van der Waals surface area contributed by atoms with E-state index in [9.17, 15) is 0 Å². The minimum Gasteiger partial charge on any atom is -0.382 e. The smallest absolute Gasteiger partial charge is 0.144 e. The molecule has 0 fully saturated rings. The third-order valence-electron chi connectivity index (χ3n) is 1.34. The van der Waals surface area contributed by atoms with Gasteiger partial charge in [-0.2, -0.15) is 5.48 Å². The van der Waals surface area contributed by atoms with E-state index in [2.05, 4.69) is 15.4 Å². The lowest BCUT2D eigenvalue weighted by Gasteiger charge is -2.03. The molecule has 0 bridgehead atoms. The third-order valence-corrected chi connectivity index (χ3v) is 1.34. The summed E-state index contributed by atoms with van der Waals surface area (Å²) < 4.78 is 4.80. The molecule has 0 aliphatic carbocycles. The molecule has 72 valence electrons. The second kappa shape index (κ2) is 6.47. The van der Waals surface area contributed by atoms with Gasteiger partial charge >= 0.3 is 0 Å². The Kier molecular flexibility index (Phi) is 5.00. The first-order valence-electron chi connectivity index (χ1n) is 4.03. The number of hydrogen-bond donors (Lipinski definition) is 1. The van der Waals surface area contributed by atoms with Gasteiger partial charge in [-0.25, -0.2) is 9.97 Å². The van der Waals surface area contributed by atoms with Crippen molar-refractivity contribution in [2.75, 3.05) is 20.3 Å². The van der Waals surface area contributed by atoms with Gasteiger partial charge in [-0.1, -0.05) is 0 Å². The Balaban J connectivity index is 2.07. The summed E-state index contributed by atoms with van der Waals surface area (Å²) in [4.78, 5) is 13.0. The van der Waals surface area contributed by atoms with Crippen molar-refractivity contribution in [3.8, 4) is 0 Å². The fraction of sp³-hybridized carbons (Fsp3) is 0.500. The van der Waals surface area contributed by atoms with Crippen LogP contribution in [0.2, 0.25) is 0 Å². The van der Waals surface area contributed by atoms with Crippen LogP contribution in [0.15, 0.2) is 18.5 Å². The summed E-state index contributed by atoms with van der Waals surface area (Å²) >= 11 is 0. The molecule has 5 nitrogen and oxygen atoms in total. The van der Waals surface area contributed by atoms with Gasteiger partial charge in [-0.3, -0.25) is 4.84 Å². The van der Waals surface area contributed by atoms with Crippen LogP contribution in [0.25, 0.3) is 0 Å². The topological polar surface area (TPSA) is 56.3 Å². The van der Waals surface area contributed by atoms with Crippen molar-refractivity contribution in [1.82, 2.24) is 15.4 Å². The molecule has 0 saturated carbocycles. The first-order valence-corrected chi connectivity index (χ1v) is 4.03. The van der Waals surface area contributed by atoms with E-state index in [-0.39, 0.29) is 0 Å². The average Bonchev–Trinajstić information content (AvgIpc) is 2.19. The quantitative estimate of drug-likeness (QED) is 0.502. The lowest BCUT2D eigenvalue weighted by Crippen LogP contribution is -2.18. The molecule has 0 spiro atoms. The summed E-state index contributed by atoms with van der Waals surface area (Å²) in [5.74, 6) is 0.708. The van der Waals surface area contributed by atoms with Crippen LogP contribution in [0.4, 0.5) is 0 Å². The van der Waals surface area contributed by atoms with Gasteiger partial charge in [0.1, 0.15) is 5.82 Å². The highest BCUT2D eigenvalue weighted by molar-refractivity contribution is 4.86. The first kappa shape index (κ1) is 10.0. The minimum atomic E-state index is 0.505. The van der Waals surface area contributed by atoms with E-state index in [1.807, 2.05) is 0 Å². The zero-order chi connectivity index (χ0) is 9.36. The summed E-state index contributed by atoms with van der Waals surface area (Å²) in [5.41, 5.74) is 2.73. The van der Waals surface area contributed by atoms with E-state index >= 15 is 0 Å². The number of aromatic nitrogens is 2. The molecule has 1 heterocycles. The van der Waals surface area contributed by atoms with Gasteiger partial charge in [0.25, 0.3) is 0 Å². The van der Waals surface area contributed by atoms with Crippen LogP contribution in [-0.2, 0) is 16.1 Å². The van der Waals surface area contributed by atoms with E-state index in [0.29, 0.717) is 25.6 Å². The van der Waals surface area contributed by atoms with Crippen molar-refractivity contribution in [2.24, 2.45) is 0 Å². The molecule has 1 N–H and O–H groups in total. The molecule has 0 amide bonds. The van der Waals surface area contributed by atoms with Crippen molar-refractivity contribution in [3.63, 3.8) is 0 Å². The van der Waals surface area contributed by atoms with E-state index in [0.717, 1.165) is 0 Å². The standard InChI is InChI=1S/C8H13N3O2/c1-12-5-6-13-11-7-8-9-3-2-4-10-8/h2-4,11H,5-7H2,1H3. The van der Waals surface area contributed by atoms with E-state index < -0.39 is 0 Å². The normalized spacial score (nSPS) is 10.2. The Labute approximate surface area is 77.1 Å². The zero-order valence-electron chi connectivity index (χ0n) is 7.56. The highest BCUT2D eigenvalue weighted by Gasteiger charge is 1.92. The Morgan fingerprint density at radius 3 is 2.77 bits per heavy atom. The highest BCUT2D eigenvalue weighted by Crippen LogP contribution is 1.85.